The second kappa shape index (κ2) is 9.24. The van der Waals surface area contributed by atoms with Crippen LogP contribution in [0, 0.1) is 0 Å². The maximum atomic E-state index is 12.9. The van der Waals surface area contributed by atoms with Crippen molar-refractivity contribution in [2.45, 2.75) is 11.8 Å². The lowest BCUT2D eigenvalue weighted by molar-refractivity contribution is -0.131. The molecule has 10 heteroatoms. The summed E-state index contributed by atoms with van der Waals surface area (Å²) in [6.07, 6.45) is 0. The monoisotopic (exact) mass is 434 g/mol. The van der Waals surface area contributed by atoms with Crippen molar-refractivity contribution in [3.63, 3.8) is 0 Å². The van der Waals surface area contributed by atoms with E-state index in [9.17, 15) is 18.0 Å². The molecule has 0 spiro atoms. The van der Waals surface area contributed by atoms with Crippen LogP contribution in [0.25, 0.3) is 0 Å². The molecule has 0 aliphatic carbocycles. The van der Waals surface area contributed by atoms with Crippen LogP contribution in [0.2, 0.25) is 0 Å². The van der Waals surface area contributed by atoms with Crippen LogP contribution in [0.3, 0.4) is 0 Å². The molecule has 0 bridgehead atoms. The van der Waals surface area contributed by atoms with Crippen LogP contribution in [0.4, 0.5) is 5.69 Å². The van der Waals surface area contributed by atoms with Crippen LogP contribution in [-0.2, 0) is 19.6 Å². The second-order valence-electron chi connectivity index (χ2n) is 6.45. The average molecular weight is 434 g/mol. The lowest BCUT2D eigenvalue weighted by Gasteiger charge is -2.26. The predicted molar refractivity (Wildman–Crippen MR) is 108 cm³/mol. The highest BCUT2D eigenvalue weighted by Crippen LogP contribution is 2.30. The van der Waals surface area contributed by atoms with Crippen molar-refractivity contribution < 1.29 is 32.2 Å². The molecule has 30 heavy (non-hydrogen) atoms. The lowest BCUT2D eigenvalue weighted by atomic mass is 10.2. The smallest absolute Gasteiger partial charge is 0.308 e. The number of hydrogen-bond acceptors (Lipinski definition) is 7. The summed E-state index contributed by atoms with van der Waals surface area (Å²) in [4.78, 5) is 23.7. The highest BCUT2D eigenvalue weighted by molar-refractivity contribution is 7.89. The third-order valence-corrected chi connectivity index (χ3v) is 6.30. The summed E-state index contributed by atoms with van der Waals surface area (Å²) in [7, 11) is -2.30. The first kappa shape index (κ1) is 21.8. The van der Waals surface area contributed by atoms with Crippen LogP contribution in [-0.4, -0.2) is 58.0 Å². The highest BCUT2D eigenvalue weighted by Gasteiger charge is 2.27. The molecule has 1 heterocycles. The van der Waals surface area contributed by atoms with E-state index in [1.165, 1.54) is 60.8 Å². The zero-order chi connectivity index (χ0) is 21.7. The van der Waals surface area contributed by atoms with E-state index >= 15 is 0 Å². The Bertz CT molecular complexity index is 1030. The average Bonchev–Trinajstić information content (AvgIpc) is 2.74. The number of esters is 1. The molecule has 2 aromatic carbocycles. The molecule has 9 nitrogen and oxygen atoms in total. The Morgan fingerprint density at radius 3 is 2.33 bits per heavy atom. The lowest BCUT2D eigenvalue weighted by Crippen LogP contribution is -2.40. The maximum Gasteiger partial charge on any atom is 0.308 e. The number of anilines is 1. The Morgan fingerprint density at radius 2 is 1.73 bits per heavy atom. The SMILES string of the molecule is COc1ccc(S(=O)(=O)N2CCOCC2)cc1NC(=O)c1ccc(OC(C)=O)cc1. The largest absolute Gasteiger partial charge is 0.495 e. The number of benzene rings is 2. The predicted octanol–water partition coefficient (Wildman–Crippen LogP) is 1.89. The Balaban J connectivity index is 1.83. The molecule has 3 rings (SSSR count). The number of nitrogens with zero attached hydrogens (tertiary/aromatic N) is 1. The fraction of sp³-hybridized carbons (Fsp3) is 0.300. The molecule has 0 aromatic heterocycles. The van der Waals surface area contributed by atoms with Gasteiger partial charge in [0.1, 0.15) is 11.5 Å². The first-order chi connectivity index (χ1) is 14.3. The van der Waals surface area contributed by atoms with Crippen LogP contribution in [0.15, 0.2) is 47.4 Å². The van der Waals surface area contributed by atoms with Crippen LogP contribution < -0.4 is 14.8 Å². The number of carbonyl (C=O) groups excluding carboxylic acids is 2. The van der Waals surface area contributed by atoms with E-state index in [4.69, 9.17) is 14.2 Å². The molecule has 160 valence electrons. The van der Waals surface area contributed by atoms with Gasteiger partial charge in [-0.3, -0.25) is 9.59 Å². The van der Waals surface area contributed by atoms with Crippen molar-refractivity contribution in [1.29, 1.82) is 0 Å². The van der Waals surface area contributed by atoms with E-state index < -0.39 is 21.9 Å². The Labute approximate surface area is 174 Å². The van der Waals surface area contributed by atoms with E-state index in [2.05, 4.69) is 5.32 Å². The van der Waals surface area contributed by atoms with E-state index in [0.717, 1.165) is 0 Å². The standard InChI is InChI=1S/C20H22N2O7S/c1-14(23)29-16-5-3-15(4-6-16)20(24)21-18-13-17(7-8-19(18)27-2)30(25,26)22-9-11-28-12-10-22/h3-8,13H,9-12H2,1-2H3,(H,21,24). The fourth-order valence-electron chi connectivity index (χ4n) is 2.92. The minimum Gasteiger partial charge on any atom is -0.495 e. The third-order valence-electron chi connectivity index (χ3n) is 4.41. The van der Waals surface area contributed by atoms with Crippen molar-refractivity contribution in [2.75, 3.05) is 38.7 Å². The van der Waals surface area contributed by atoms with Gasteiger partial charge < -0.3 is 19.5 Å². The molecule has 0 unspecified atom stereocenters. The Hall–Kier alpha value is -2.95. The van der Waals surface area contributed by atoms with Crippen LogP contribution in [0.1, 0.15) is 17.3 Å². The summed E-state index contributed by atoms with van der Waals surface area (Å²) >= 11 is 0. The molecule has 1 aliphatic rings. The van der Waals surface area contributed by atoms with Gasteiger partial charge in [-0.25, -0.2) is 8.42 Å². The molecular formula is C20H22N2O7S. The zero-order valence-corrected chi connectivity index (χ0v) is 17.4. The number of amides is 1. The zero-order valence-electron chi connectivity index (χ0n) is 16.6. The molecule has 1 N–H and O–H groups in total. The minimum atomic E-state index is -3.73. The van der Waals surface area contributed by atoms with Gasteiger partial charge in [0.15, 0.2) is 0 Å². The number of morpholine rings is 1. The fourth-order valence-corrected chi connectivity index (χ4v) is 4.35. The van der Waals surface area contributed by atoms with Gasteiger partial charge in [0.05, 0.1) is 30.9 Å². The van der Waals surface area contributed by atoms with Crippen molar-refractivity contribution in [3.8, 4) is 11.5 Å². The van der Waals surface area contributed by atoms with Gasteiger partial charge >= 0.3 is 5.97 Å². The second-order valence-corrected chi connectivity index (χ2v) is 8.39. The van der Waals surface area contributed by atoms with Crippen LogP contribution in [0.5, 0.6) is 11.5 Å². The summed E-state index contributed by atoms with van der Waals surface area (Å²) < 4.78 is 42.5. The highest BCUT2D eigenvalue weighted by atomic mass is 32.2. The molecular weight excluding hydrogens is 412 g/mol. The van der Waals surface area contributed by atoms with Crippen molar-refractivity contribution in [1.82, 2.24) is 4.31 Å². The number of ether oxygens (including phenoxy) is 3. The summed E-state index contributed by atoms with van der Waals surface area (Å²) in [6.45, 7) is 2.49. The molecule has 1 amide bonds. The number of nitrogens with one attached hydrogen (secondary N) is 1. The normalized spacial score (nSPS) is 14.7. The summed E-state index contributed by atoms with van der Waals surface area (Å²) in [6, 6.07) is 10.3. The first-order valence-electron chi connectivity index (χ1n) is 9.17. The summed E-state index contributed by atoms with van der Waals surface area (Å²) in [5.41, 5.74) is 0.523. The number of hydrogen-bond donors (Lipinski definition) is 1. The minimum absolute atomic E-state index is 0.0470. The third kappa shape index (κ3) is 4.96. The van der Waals surface area contributed by atoms with Gasteiger partial charge in [-0.15, -0.1) is 0 Å². The summed E-state index contributed by atoms with van der Waals surface area (Å²) in [5.74, 6) is -0.296. The molecule has 1 fully saturated rings. The molecule has 0 saturated carbocycles. The Morgan fingerprint density at radius 1 is 1.07 bits per heavy atom. The topological polar surface area (TPSA) is 111 Å². The van der Waals surface area contributed by atoms with Crippen molar-refractivity contribution in [2.24, 2.45) is 0 Å². The van der Waals surface area contributed by atoms with Gasteiger partial charge in [0.25, 0.3) is 5.91 Å². The van der Waals surface area contributed by atoms with Gasteiger partial charge in [0.2, 0.25) is 10.0 Å². The van der Waals surface area contributed by atoms with Gasteiger partial charge in [0, 0.05) is 25.6 Å². The summed E-state index contributed by atoms with van der Waals surface area (Å²) in [5, 5.41) is 2.67. The van der Waals surface area contributed by atoms with E-state index in [0.29, 0.717) is 30.3 Å². The Kier molecular flexibility index (Phi) is 6.70. The number of rotatable bonds is 6. The van der Waals surface area contributed by atoms with Gasteiger partial charge in [-0.2, -0.15) is 4.31 Å². The molecule has 1 saturated heterocycles. The number of methoxy groups -OCH3 is 1. The number of sulfonamides is 1. The first-order valence-corrected chi connectivity index (χ1v) is 10.6. The van der Waals surface area contributed by atoms with E-state index in [1.54, 1.807) is 0 Å². The van der Waals surface area contributed by atoms with Crippen molar-refractivity contribution >= 4 is 27.6 Å². The van der Waals surface area contributed by atoms with Gasteiger partial charge in [-0.05, 0) is 42.5 Å². The number of carbonyl (C=O) groups is 2. The van der Waals surface area contributed by atoms with E-state index in [1.807, 2.05) is 0 Å². The quantitative estimate of drug-likeness (QED) is 0.546. The van der Waals surface area contributed by atoms with Gasteiger partial charge in [-0.1, -0.05) is 0 Å². The molecule has 1 aliphatic heterocycles. The molecule has 0 radical (unpaired) electrons. The van der Waals surface area contributed by atoms with E-state index in [-0.39, 0.29) is 23.7 Å². The molecule has 2 aromatic rings. The van der Waals surface area contributed by atoms with Crippen LogP contribution >= 0.6 is 0 Å². The maximum absolute atomic E-state index is 12.9. The molecule has 0 atom stereocenters. The van der Waals surface area contributed by atoms with Crippen molar-refractivity contribution in [3.05, 3.63) is 48.0 Å².